The molecule has 1 aromatic heterocycles. The highest BCUT2D eigenvalue weighted by Crippen LogP contribution is 2.15. The summed E-state index contributed by atoms with van der Waals surface area (Å²) >= 11 is 3.10. The van der Waals surface area contributed by atoms with E-state index in [-0.39, 0.29) is 11.9 Å². The predicted octanol–water partition coefficient (Wildman–Crippen LogP) is 2.00. The lowest BCUT2D eigenvalue weighted by Crippen LogP contribution is -2.09. The zero-order valence-electron chi connectivity index (χ0n) is 6.01. The summed E-state index contributed by atoms with van der Waals surface area (Å²) in [4.78, 5) is 3.83. The van der Waals surface area contributed by atoms with Gasteiger partial charge in [0, 0.05) is 16.7 Å². The third-order valence-electron chi connectivity index (χ3n) is 1.27. The first-order valence-corrected chi connectivity index (χ1v) is 3.97. The fraction of sp³-hybridized carbons (Fsp3) is 0.286. The van der Waals surface area contributed by atoms with Gasteiger partial charge in [0.05, 0.1) is 5.69 Å². The van der Waals surface area contributed by atoms with Gasteiger partial charge in [0.2, 0.25) is 0 Å². The molecule has 0 saturated carbocycles. The number of hydrogen-bond acceptors (Lipinski definition) is 2. The Morgan fingerprint density at radius 2 is 2.36 bits per heavy atom. The lowest BCUT2D eigenvalue weighted by atomic mass is 10.2. The second-order valence-electron chi connectivity index (χ2n) is 2.31. The fourth-order valence-corrected chi connectivity index (χ4v) is 1.06. The molecule has 0 amide bonds. The molecule has 2 N–H and O–H groups in total. The highest BCUT2D eigenvalue weighted by atomic mass is 79.9. The van der Waals surface area contributed by atoms with E-state index in [9.17, 15) is 4.39 Å². The molecule has 0 fully saturated rings. The van der Waals surface area contributed by atoms with Crippen LogP contribution in [0, 0.1) is 5.82 Å². The van der Waals surface area contributed by atoms with Crippen molar-refractivity contribution in [2.75, 3.05) is 0 Å². The van der Waals surface area contributed by atoms with Crippen LogP contribution in [0.1, 0.15) is 18.7 Å². The minimum absolute atomic E-state index is 0.299. The van der Waals surface area contributed by atoms with E-state index in [0.717, 1.165) is 0 Å². The summed E-state index contributed by atoms with van der Waals surface area (Å²) in [6.07, 6.45) is 1.53. The van der Waals surface area contributed by atoms with Crippen molar-refractivity contribution in [3.05, 3.63) is 28.2 Å². The van der Waals surface area contributed by atoms with Gasteiger partial charge in [0.1, 0.15) is 5.82 Å². The van der Waals surface area contributed by atoms with Gasteiger partial charge in [-0.15, -0.1) is 0 Å². The molecule has 1 atom stereocenters. The first kappa shape index (κ1) is 8.62. The minimum Gasteiger partial charge on any atom is -0.323 e. The first-order valence-electron chi connectivity index (χ1n) is 3.18. The standard InChI is InChI=1S/C7H8BrFN2/c1-4(10)7-6(9)2-5(8)3-11-7/h2-4H,10H2,1H3/t4-/m1/s1. The van der Waals surface area contributed by atoms with Crippen LogP contribution in [0.25, 0.3) is 0 Å². The van der Waals surface area contributed by atoms with Gasteiger partial charge in [-0.1, -0.05) is 0 Å². The SMILES string of the molecule is C[C@@H](N)c1ncc(Br)cc1F. The van der Waals surface area contributed by atoms with Gasteiger partial charge in [-0.05, 0) is 28.9 Å². The number of aromatic nitrogens is 1. The minimum atomic E-state index is -0.366. The van der Waals surface area contributed by atoms with Crippen LogP contribution >= 0.6 is 15.9 Å². The summed E-state index contributed by atoms with van der Waals surface area (Å²) in [7, 11) is 0. The van der Waals surface area contributed by atoms with E-state index >= 15 is 0 Å². The van der Waals surface area contributed by atoms with Crippen LogP contribution in [0.4, 0.5) is 4.39 Å². The Kier molecular flexibility index (Phi) is 2.57. The van der Waals surface area contributed by atoms with Crippen molar-refractivity contribution < 1.29 is 4.39 Å². The Balaban J connectivity index is 3.09. The van der Waals surface area contributed by atoms with Crippen LogP contribution < -0.4 is 5.73 Å². The smallest absolute Gasteiger partial charge is 0.147 e. The van der Waals surface area contributed by atoms with E-state index in [1.54, 1.807) is 6.92 Å². The topological polar surface area (TPSA) is 38.9 Å². The van der Waals surface area contributed by atoms with Crippen molar-refractivity contribution in [2.45, 2.75) is 13.0 Å². The van der Waals surface area contributed by atoms with Gasteiger partial charge < -0.3 is 5.73 Å². The highest BCUT2D eigenvalue weighted by molar-refractivity contribution is 9.10. The van der Waals surface area contributed by atoms with E-state index in [0.29, 0.717) is 10.2 Å². The van der Waals surface area contributed by atoms with Crippen LogP contribution in [0.2, 0.25) is 0 Å². The normalized spacial score (nSPS) is 13.1. The maximum Gasteiger partial charge on any atom is 0.147 e. The van der Waals surface area contributed by atoms with Gasteiger partial charge in [0.25, 0.3) is 0 Å². The molecule has 1 aromatic rings. The van der Waals surface area contributed by atoms with Crippen LogP contribution in [-0.4, -0.2) is 4.98 Å². The molecular weight excluding hydrogens is 211 g/mol. The average Bonchev–Trinajstić information content (AvgIpc) is 1.85. The largest absolute Gasteiger partial charge is 0.323 e. The number of halogens is 2. The third kappa shape index (κ3) is 1.97. The second-order valence-corrected chi connectivity index (χ2v) is 3.22. The lowest BCUT2D eigenvalue weighted by Gasteiger charge is -2.04. The molecule has 0 spiro atoms. The molecule has 2 nitrogen and oxygen atoms in total. The molecule has 0 unspecified atom stereocenters. The van der Waals surface area contributed by atoms with E-state index in [2.05, 4.69) is 20.9 Å². The van der Waals surface area contributed by atoms with Crippen molar-refractivity contribution in [3.63, 3.8) is 0 Å². The van der Waals surface area contributed by atoms with Crippen molar-refractivity contribution in [1.82, 2.24) is 4.98 Å². The molecule has 0 aromatic carbocycles. The van der Waals surface area contributed by atoms with Crippen LogP contribution in [0.5, 0.6) is 0 Å². The summed E-state index contributed by atoms with van der Waals surface area (Å²) in [6, 6.07) is 0.995. The van der Waals surface area contributed by atoms with Crippen LogP contribution in [-0.2, 0) is 0 Å². The molecule has 0 bridgehead atoms. The van der Waals surface area contributed by atoms with Crippen molar-refractivity contribution in [2.24, 2.45) is 5.73 Å². The van der Waals surface area contributed by atoms with Gasteiger partial charge in [-0.25, -0.2) is 4.39 Å². The fourth-order valence-electron chi connectivity index (χ4n) is 0.760. The van der Waals surface area contributed by atoms with E-state index < -0.39 is 0 Å². The van der Waals surface area contributed by atoms with E-state index in [4.69, 9.17) is 5.73 Å². The molecule has 11 heavy (non-hydrogen) atoms. The predicted molar refractivity (Wildman–Crippen MR) is 44.5 cm³/mol. The summed E-state index contributed by atoms with van der Waals surface area (Å²) in [5.41, 5.74) is 5.75. The Labute approximate surface area is 72.8 Å². The quantitative estimate of drug-likeness (QED) is 0.784. The summed E-state index contributed by atoms with van der Waals surface area (Å²) in [5, 5.41) is 0. The van der Waals surface area contributed by atoms with E-state index in [1.165, 1.54) is 12.3 Å². The van der Waals surface area contributed by atoms with Crippen LogP contribution in [0.3, 0.4) is 0 Å². The number of nitrogens with two attached hydrogens (primary N) is 1. The van der Waals surface area contributed by atoms with E-state index in [1.807, 2.05) is 0 Å². The molecule has 0 aliphatic heterocycles. The molecule has 1 rings (SSSR count). The third-order valence-corrected chi connectivity index (χ3v) is 1.70. The van der Waals surface area contributed by atoms with Gasteiger partial charge in [-0.2, -0.15) is 0 Å². The molecule has 4 heteroatoms. The van der Waals surface area contributed by atoms with Gasteiger partial charge in [-0.3, -0.25) is 4.98 Å². The Hall–Kier alpha value is -0.480. The zero-order valence-corrected chi connectivity index (χ0v) is 7.60. The average molecular weight is 219 g/mol. The molecular formula is C7H8BrFN2. The molecule has 0 aliphatic carbocycles. The monoisotopic (exact) mass is 218 g/mol. The van der Waals surface area contributed by atoms with Gasteiger partial charge >= 0.3 is 0 Å². The summed E-state index contributed by atoms with van der Waals surface area (Å²) in [5.74, 6) is -0.366. The Morgan fingerprint density at radius 1 is 1.73 bits per heavy atom. The number of rotatable bonds is 1. The molecule has 0 radical (unpaired) electrons. The molecule has 60 valence electrons. The Bertz CT molecular complexity index is 263. The number of nitrogens with zero attached hydrogens (tertiary/aromatic N) is 1. The number of hydrogen-bond donors (Lipinski definition) is 1. The lowest BCUT2D eigenvalue weighted by molar-refractivity contribution is 0.578. The Morgan fingerprint density at radius 3 is 2.82 bits per heavy atom. The molecule has 0 aliphatic rings. The molecule has 1 heterocycles. The summed E-state index contributed by atoms with van der Waals surface area (Å²) in [6.45, 7) is 1.69. The molecule has 0 saturated heterocycles. The first-order chi connectivity index (χ1) is 5.11. The van der Waals surface area contributed by atoms with Crippen molar-refractivity contribution in [1.29, 1.82) is 0 Å². The maximum atomic E-state index is 12.9. The summed E-state index contributed by atoms with van der Waals surface area (Å²) < 4.78 is 13.6. The maximum absolute atomic E-state index is 12.9. The van der Waals surface area contributed by atoms with Crippen molar-refractivity contribution >= 4 is 15.9 Å². The van der Waals surface area contributed by atoms with Crippen molar-refractivity contribution in [3.8, 4) is 0 Å². The highest BCUT2D eigenvalue weighted by Gasteiger charge is 2.07. The zero-order chi connectivity index (χ0) is 8.43. The second kappa shape index (κ2) is 3.28. The van der Waals surface area contributed by atoms with Gasteiger partial charge in [0.15, 0.2) is 0 Å². The number of pyridine rings is 1. The van der Waals surface area contributed by atoms with Crippen LogP contribution in [0.15, 0.2) is 16.7 Å².